The number of anilines is 2. The van der Waals surface area contributed by atoms with Crippen LogP contribution in [0.3, 0.4) is 0 Å². The molecule has 0 spiro atoms. The molecule has 0 fully saturated rings. The molecule has 0 saturated heterocycles. The first-order valence-electron chi connectivity index (χ1n) is 10.8. The number of carbonyl (C=O) groups excluding carboxylic acids is 1. The Bertz CT molecular complexity index is 1070. The summed E-state index contributed by atoms with van der Waals surface area (Å²) in [6.07, 6.45) is 8.66. The highest BCUT2D eigenvalue weighted by Gasteiger charge is 2.23. The van der Waals surface area contributed by atoms with Gasteiger partial charge in [-0.2, -0.15) is 0 Å². The second-order valence-corrected chi connectivity index (χ2v) is 8.27. The Morgan fingerprint density at radius 3 is 2.87 bits per heavy atom. The zero-order valence-corrected chi connectivity index (χ0v) is 18.6. The Kier molecular flexibility index (Phi) is 6.07. The molecule has 0 unspecified atom stereocenters. The van der Waals surface area contributed by atoms with Crippen molar-refractivity contribution in [1.82, 2.24) is 10.1 Å². The summed E-state index contributed by atoms with van der Waals surface area (Å²) < 4.78 is 10.3. The predicted molar refractivity (Wildman–Crippen MR) is 120 cm³/mol. The van der Waals surface area contributed by atoms with Gasteiger partial charge in [-0.3, -0.25) is 4.98 Å². The second kappa shape index (κ2) is 8.92. The summed E-state index contributed by atoms with van der Waals surface area (Å²) in [6, 6.07) is 8.50. The molecule has 31 heavy (non-hydrogen) atoms. The van der Waals surface area contributed by atoms with Crippen LogP contribution in [0.5, 0.6) is 0 Å². The molecule has 1 aliphatic rings. The average molecular weight is 420 g/mol. The van der Waals surface area contributed by atoms with Gasteiger partial charge in [0, 0.05) is 25.1 Å². The van der Waals surface area contributed by atoms with E-state index in [1.165, 1.54) is 31.1 Å². The van der Waals surface area contributed by atoms with E-state index in [4.69, 9.17) is 9.26 Å². The monoisotopic (exact) mass is 419 g/mol. The van der Waals surface area contributed by atoms with Crippen LogP contribution in [0, 0.1) is 13.8 Å². The van der Waals surface area contributed by atoms with Crippen LogP contribution < -0.4 is 4.90 Å². The Hall–Kier alpha value is -3.15. The maximum atomic E-state index is 12.1. The highest BCUT2D eigenvalue weighted by Crippen LogP contribution is 2.38. The smallest absolute Gasteiger partial charge is 0.338 e. The summed E-state index contributed by atoms with van der Waals surface area (Å²) in [5.41, 5.74) is 7.47. The number of esters is 1. The summed E-state index contributed by atoms with van der Waals surface area (Å²) in [5.74, 6) is 1.01. The molecule has 0 N–H and O–H groups in total. The SMILES string of the molecule is COC(=O)c1ccncc1CC[C@@H]1CCCc2cc(N(C)c3c(C)noc3C)ccc21. The third-order valence-corrected chi connectivity index (χ3v) is 6.35. The Morgan fingerprint density at radius 2 is 2.13 bits per heavy atom. The highest BCUT2D eigenvalue weighted by atomic mass is 16.5. The first kappa shape index (κ1) is 21.1. The number of carbonyl (C=O) groups is 1. The van der Waals surface area contributed by atoms with Gasteiger partial charge >= 0.3 is 5.97 Å². The topological polar surface area (TPSA) is 68.5 Å². The fraction of sp³-hybridized carbons (Fsp3) is 0.400. The van der Waals surface area contributed by atoms with Crippen LogP contribution in [0.25, 0.3) is 0 Å². The number of aromatic nitrogens is 2. The summed E-state index contributed by atoms with van der Waals surface area (Å²) in [6.45, 7) is 3.92. The maximum Gasteiger partial charge on any atom is 0.338 e. The lowest BCUT2D eigenvalue weighted by atomic mass is 9.79. The zero-order chi connectivity index (χ0) is 22.0. The minimum absolute atomic E-state index is 0.298. The molecule has 0 radical (unpaired) electrons. The van der Waals surface area contributed by atoms with Gasteiger partial charge in [0.2, 0.25) is 0 Å². The minimum atomic E-state index is -0.298. The number of rotatable bonds is 6. The van der Waals surface area contributed by atoms with E-state index in [2.05, 4.69) is 40.3 Å². The van der Waals surface area contributed by atoms with Crippen molar-refractivity contribution in [1.29, 1.82) is 0 Å². The molecule has 4 rings (SSSR count). The number of nitrogens with zero attached hydrogens (tertiary/aromatic N) is 3. The number of benzene rings is 1. The van der Waals surface area contributed by atoms with Crippen LogP contribution >= 0.6 is 0 Å². The molecule has 6 heteroatoms. The Labute approximate surface area is 183 Å². The number of fused-ring (bicyclic) bond motifs is 1. The second-order valence-electron chi connectivity index (χ2n) is 8.27. The van der Waals surface area contributed by atoms with Crippen LogP contribution in [-0.2, 0) is 17.6 Å². The van der Waals surface area contributed by atoms with Gasteiger partial charge in [0.1, 0.15) is 11.4 Å². The lowest BCUT2D eigenvalue weighted by molar-refractivity contribution is 0.0599. The Morgan fingerprint density at radius 1 is 1.29 bits per heavy atom. The van der Waals surface area contributed by atoms with Gasteiger partial charge in [-0.05, 0) is 86.8 Å². The molecule has 0 bridgehead atoms. The fourth-order valence-electron chi connectivity index (χ4n) is 4.76. The van der Waals surface area contributed by atoms with E-state index < -0.39 is 0 Å². The fourth-order valence-corrected chi connectivity index (χ4v) is 4.76. The van der Waals surface area contributed by atoms with E-state index in [9.17, 15) is 4.79 Å². The molecule has 1 aromatic carbocycles. The van der Waals surface area contributed by atoms with E-state index in [1.807, 2.05) is 13.8 Å². The number of hydrogen-bond acceptors (Lipinski definition) is 6. The van der Waals surface area contributed by atoms with E-state index >= 15 is 0 Å². The van der Waals surface area contributed by atoms with Gasteiger partial charge in [0.25, 0.3) is 0 Å². The number of ether oxygens (including phenoxy) is 1. The van der Waals surface area contributed by atoms with Crippen LogP contribution in [-0.4, -0.2) is 30.3 Å². The van der Waals surface area contributed by atoms with Crippen LogP contribution in [0.2, 0.25) is 0 Å². The molecule has 0 saturated carbocycles. The van der Waals surface area contributed by atoms with Crippen molar-refractivity contribution in [2.75, 3.05) is 19.1 Å². The molecule has 1 atom stereocenters. The normalized spacial score (nSPS) is 15.4. The molecule has 0 amide bonds. The van der Waals surface area contributed by atoms with E-state index in [1.54, 1.807) is 18.5 Å². The molecule has 2 aromatic heterocycles. The van der Waals surface area contributed by atoms with Crippen molar-refractivity contribution in [3.63, 3.8) is 0 Å². The third-order valence-electron chi connectivity index (χ3n) is 6.35. The lowest BCUT2D eigenvalue weighted by Crippen LogP contribution is -2.15. The molecular formula is C25H29N3O3. The number of methoxy groups -OCH3 is 1. The summed E-state index contributed by atoms with van der Waals surface area (Å²) in [5, 5.41) is 4.09. The van der Waals surface area contributed by atoms with Crippen LogP contribution in [0.15, 0.2) is 41.2 Å². The first-order valence-corrected chi connectivity index (χ1v) is 10.8. The summed E-state index contributed by atoms with van der Waals surface area (Å²) in [7, 11) is 3.48. The first-order chi connectivity index (χ1) is 15.0. The largest absolute Gasteiger partial charge is 0.465 e. The average Bonchev–Trinajstić information content (AvgIpc) is 3.14. The van der Waals surface area contributed by atoms with E-state index in [0.29, 0.717) is 11.5 Å². The maximum absolute atomic E-state index is 12.1. The van der Waals surface area contributed by atoms with Crippen molar-refractivity contribution in [2.45, 2.75) is 51.9 Å². The lowest BCUT2D eigenvalue weighted by Gasteiger charge is -2.28. The molecular weight excluding hydrogens is 390 g/mol. The standard InChI is InChI=1S/C25H29N3O3/c1-16-24(17(2)31-27-16)28(3)21-10-11-22-18(6-5-7-19(22)14-21)8-9-20-15-26-13-12-23(20)25(29)30-4/h10-15,18H,5-9H2,1-4H3/t18-/m0/s1. The third kappa shape index (κ3) is 4.20. The number of aryl methyl sites for hydroxylation is 4. The van der Waals surface area contributed by atoms with Crippen molar-refractivity contribution in [3.05, 3.63) is 70.4 Å². The summed E-state index contributed by atoms with van der Waals surface area (Å²) >= 11 is 0. The van der Waals surface area contributed by atoms with Gasteiger partial charge in [0.05, 0.1) is 12.7 Å². The van der Waals surface area contributed by atoms with Crippen LogP contribution in [0.4, 0.5) is 11.4 Å². The number of pyridine rings is 1. The minimum Gasteiger partial charge on any atom is -0.465 e. The predicted octanol–water partition coefficient (Wildman–Crippen LogP) is 5.29. The number of hydrogen-bond donors (Lipinski definition) is 0. The molecule has 2 heterocycles. The van der Waals surface area contributed by atoms with Gasteiger partial charge in [-0.25, -0.2) is 4.79 Å². The van der Waals surface area contributed by atoms with Gasteiger partial charge in [-0.1, -0.05) is 11.2 Å². The molecule has 3 aromatic rings. The summed E-state index contributed by atoms with van der Waals surface area (Å²) in [4.78, 5) is 18.4. The van der Waals surface area contributed by atoms with E-state index in [0.717, 1.165) is 47.7 Å². The molecule has 6 nitrogen and oxygen atoms in total. The molecule has 162 valence electrons. The molecule has 1 aliphatic carbocycles. The van der Waals surface area contributed by atoms with Crippen LogP contribution in [0.1, 0.15) is 63.7 Å². The van der Waals surface area contributed by atoms with Crippen molar-refractivity contribution < 1.29 is 14.1 Å². The Balaban J connectivity index is 1.54. The highest BCUT2D eigenvalue weighted by molar-refractivity contribution is 5.90. The molecule has 0 aliphatic heterocycles. The van der Waals surface area contributed by atoms with Crippen molar-refractivity contribution >= 4 is 17.3 Å². The quantitative estimate of drug-likeness (QED) is 0.506. The van der Waals surface area contributed by atoms with Crippen molar-refractivity contribution in [2.24, 2.45) is 0 Å². The van der Waals surface area contributed by atoms with Gasteiger partial charge < -0.3 is 14.2 Å². The van der Waals surface area contributed by atoms with Gasteiger partial charge in [0.15, 0.2) is 5.76 Å². The van der Waals surface area contributed by atoms with E-state index in [-0.39, 0.29) is 5.97 Å². The van der Waals surface area contributed by atoms with Crippen molar-refractivity contribution in [3.8, 4) is 0 Å². The van der Waals surface area contributed by atoms with Gasteiger partial charge in [-0.15, -0.1) is 0 Å². The zero-order valence-electron chi connectivity index (χ0n) is 18.6.